The number of aryl methyl sites for hydroxylation is 1. The van der Waals surface area contributed by atoms with E-state index >= 15 is 0 Å². The third-order valence-corrected chi connectivity index (χ3v) is 4.16. The number of hydrogen-bond acceptors (Lipinski definition) is 3. The highest BCUT2D eigenvalue weighted by atomic mass is 16.3. The maximum atomic E-state index is 12.3. The third-order valence-electron chi connectivity index (χ3n) is 4.16. The van der Waals surface area contributed by atoms with Crippen LogP contribution in [-0.2, 0) is 0 Å². The Morgan fingerprint density at radius 3 is 2.41 bits per heavy atom. The van der Waals surface area contributed by atoms with Crippen LogP contribution in [0.25, 0.3) is 0 Å². The standard InChI is InChI=1S/C21H21N3O3/c1-14-6-3-4-9-19(14)15(2)22-21(26)24-18-8-5-7-17(12-18)23-20(25)16-10-11-27-13-16/h3-13,15H,1-2H3,(H,23,25)(H2,22,24,26). The molecule has 1 unspecified atom stereocenters. The highest BCUT2D eigenvalue weighted by Gasteiger charge is 2.12. The Morgan fingerprint density at radius 2 is 1.70 bits per heavy atom. The highest BCUT2D eigenvalue weighted by Crippen LogP contribution is 2.18. The lowest BCUT2D eigenvalue weighted by atomic mass is 10.0. The molecule has 3 aromatic rings. The monoisotopic (exact) mass is 363 g/mol. The average Bonchev–Trinajstić information content (AvgIpc) is 3.17. The van der Waals surface area contributed by atoms with Crippen molar-refractivity contribution in [1.82, 2.24) is 5.32 Å². The molecule has 1 atom stereocenters. The minimum absolute atomic E-state index is 0.129. The van der Waals surface area contributed by atoms with Gasteiger partial charge in [0.15, 0.2) is 0 Å². The second kappa shape index (κ2) is 8.23. The van der Waals surface area contributed by atoms with Gasteiger partial charge in [-0.3, -0.25) is 4.79 Å². The van der Waals surface area contributed by atoms with Crippen molar-refractivity contribution in [3.8, 4) is 0 Å². The molecule has 0 spiro atoms. The summed E-state index contributed by atoms with van der Waals surface area (Å²) in [6, 6.07) is 16.0. The van der Waals surface area contributed by atoms with Crippen molar-refractivity contribution in [2.45, 2.75) is 19.9 Å². The first-order chi connectivity index (χ1) is 13.0. The van der Waals surface area contributed by atoms with E-state index in [2.05, 4.69) is 16.0 Å². The van der Waals surface area contributed by atoms with Crippen molar-refractivity contribution in [2.24, 2.45) is 0 Å². The van der Waals surface area contributed by atoms with Crippen LogP contribution in [0.1, 0.15) is 34.5 Å². The molecule has 2 aromatic carbocycles. The smallest absolute Gasteiger partial charge is 0.319 e. The maximum Gasteiger partial charge on any atom is 0.319 e. The fourth-order valence-electron chi connectivity index (χ4n) is 2.79. The minimum Gasteiger partial charge on any atom is -0.472 e. The topological polar surface area (TPSA) is 83.4 Å². The number of anilines is 2. The third kappa shape index (κ3) is 4.76. The summed E-state index contributed by atoms with van der Waals surface area (Å²) >= 11 is 0. The van der Waals surface area contributed by atoms with Crippen molar-refractivity contribution in [3.63, 3.8) is 0 Å². The van der Waals surface area contributed by atoms with Crippen LogP contribution in [-0.4, -0.2) is 11.9 Å². The van der Waals surface area contributed by atoms with Crippen LogP contribution in [0.5, 0.6) is 0 Å². The number of amides is 3. The zero-order valence-corrected chi connectivity index (χ0v) is 15.2. The summed E-state index contributed by atoms with van der Waals surface area (Å²) < 4.78 is 4.91. The summed E-state index contributed by atoms with van der Waals surface area (Å²) in [5, 5.41) is 8.47. The second-order valence-electron chi connectivity index (χ2n) is 6.22. The number of nitrogens with one attached hydrogen (secondary N) is 3. The summed E-state index contributed by atoms with van der Waals surface area (Å²) in [5.74, 6) is -0.279. The number of benzene rings is 2. The molecule has 6 heteroatoms. The summed E-state index contributed by atoms with van der Waals surface area (Å²) in [6.07, 6.45) is 2.81. The van der Waals surface area contributed by atoms with Gasteiger partial charge >= 0.3 is 6.03 Å². The first-order valence-corrected chi connectivity index (χ1v) is 8.59. The summed E-state index contributed by atoms with van der Waals surface area (Å²) in [4.78, 5) is 24.4. The predicted octanol–water partition coefficient (Wildman–Crippen LogP) is 4.72. The molecule has 0 radical (unpaired) electrons. The second-order valence-corrected chi connectivity index (χ2v) is 6.22. The molecule has 1 heterocycles. The molecule has 6 nitrogen and oxygen atoms in total. The fraction of sp³-hybridized carbons (Fsp3) is 0.143. The number of hydrogen-bond donors (Lipinski definition) is 3. The molecule has 3 rings (SSSR count). The van der Waals surface area contributed by atoms with E-state index in [9.17, 15) is 9.59 Å². The molecule has 0 aliphatic rings. The number of furan rings is 1. The number of urea groups is 1. The summed E-state index contributed by atoms with van der Waals surface area (Å²) in [5.41, 5.74) is 3.77. The van der Waals surface area contributed by atoms with Crippen LogP contribution < -0.4 is 16.0 Å². The van der Waals surface area contributed by atoms with Gasteiger partial charge in [-0.05, 0) is 49.2 Å². The molecule has 138 valence electrons. The summed E-state index contributed by atoms with van der Waals surface area (Å²) in [6.45, 7) is 3.95. The Labute approximate surface area is 157 Å². The lowest BCUT2D eigenvalue weighted by Gasteiger charge is -2.17. The van der Waals surface area contributed by atoms with Gasteiger partial charge in [0.25, 0.3) is 5.91 Å². The van der Waals surface area contributed by atoms with Crippen molar-refractivity contribution < 1.29 is 14.0 Å². The number of carbonyl (C=O) groups excluding carboxylic acids is 2. The summed E-state index contributed by atoms with van der Waals surface area (Å²) in [7, 11) is 0. The molecule has 0 saturated carbocycles. The van der Waals surface area contributed by atoms with Crippen LogP contribution >= 0.6 is 0 Å². The Morgan fingerprint density at radius 1 is 0.963 bits per heavy atom. The number of carbonyl (C=O) groups is 2. The van der Waals surface area contributed by atoms with Gasteiger partial charge in [0.2, 0.25) is 0 Å². The fourth-order valence-corrected chi connectivity index (χ4v) is 2.79. The zero-order valence-electron chi connectivity index (χ0n) is 15.2. The number of rotatable bonds is 5. The van der Waals surface area contributed by atoms with Crippen LogP contribution in [0.3, 0.4) is 0 Å². The normalized spacial score (nSPS) is 11.5. The van der Waals surface area contributed by atoms with E-state index in [1.54, 1.807) is 30.3 Å². The molecule has 0 bridgehead atoms. The SMILES string of the molecule is Cc1ccccc1C(C)NC(=O)Nc1cccc(NC(=O)c2ccoc2)c1. The molecule has 0 aliphatic carbocycles. The molecule has 1 aromatic heterocycles. The molecule has 0 fully saturated rings. The predicted molar refractivity (Wildman–Crippen MR) is 105 cm³/mol. The van der Waals surface area contributed by atoms with Crippen LogP contribution in [0.2, 0.25) is 0 Å². The lowest BCUT2D eigenvalue weighted by molar-refractivity contribution is 0.102. The Hall–Kier alpha value is -3.54. The van der Waals surface area contributed by atoms with Crippen LogP contribution in [0.15, 0.2) is 71.5 Å². The molecule has 27 heavy (non-hydrogen) atoms. The van der Waals surface area contributed by atoms with Crippen LogP contribution in [0.4, 0.5) is 16.2 Å². The van der Waals surface area contributed by atoms with E-state index in [-0.39, 0.29) is 18.0 Å². The van der Waals surface area contributed by atoms with E-state index in [4.69, 9.17) is 4.42 Å². The van der Waals surface area contributed by atoms with Gasteiger partial charge in [-0.1, -0.05) is 30.3 Å². The van der Waals surface area contributed by atoms with Gasteiger partial charge in [0.1, 0.15) is 6.26 Å². The van der Waals surface area contributed by atoms with Crippen molar-refractivity contribution in [2.75, 3.05) is 10.6 Å². The van der Waals surface area contributed by atoms with Crippen molar-refractivity contribution in [1.29, 1.82) is 0 Å². The van der Waals surface area contributed by atoms with Gasteiger partial charge in [-0.25, -0.2) is 4.79 Å². The van der Waals surface area contributed by atoms with Gasteiger partial charge in [-0.2, -0.15) is 0 Å². The maximum absolute atomic E-state index is 12.3. The largest absolute Gasteiger partial charge is 0.472 e. The van der Waals surface area contributed by atoms with Gasteiger partial charge in [0.05, 0.1) is 17.9 Å². The van der Waals surface area contributed by atoms with E-state index in [0.29, 0.717) is 16.9 Å². The molecule has 0 saturated heterocycles. The van der Waals surface area contributed by atoms with Gasteiger partial charge in [0, 0.05) is 11.4 Å². The molecule has 3 N–H and O–H groups in total. The van der Waals surface area contributed by atoms with Gasteiger partial charge < -0.3 is 20.4 Å². The van der Waals surface area contributed by atoms with E-state index in [0.717, 1.165) is 11.1 Å². The van der Waals surface area contributed by atoms with Crippen LogP contribution in [0, 0.1) is 6.92 Å². The zero-order chi connectivity index (χ0) is 19.2. The lowest BCUT2D eigenvalue weighted by Crippen LogP contribution is -2.31. The average molecular weight is 363 g/mol. The van der Waals surface area contributed by atoms with Gasteiger partial charge in [-0.15, -0.1) is 0 Å². The first-order valence-electron chi connectivity index (χ1n) is 8.59. The molecule has 3 amide bonds. The molecular weight excluding hydrogens is 342 g/mol. The van der Waals surface area contributed by atoms with Crippen molar-refractivity contribution in [3.05, 3.63) is 83.8 Å². The Kier molecular flexibility index (Phi) is 5.56. The van der Waals surface area contributed by atoms with E-state index in [1.165, 1.54) is 12.5 Å². The highest BCUT2D eigenvalue weighted by molar-refractivity contribution is 6.04. The van der Waals surface area contributed by atoms with E-state index < -0.39 is 0 Å². The molecule has 0 aliphatic heterocycles. The molecular formula is C21H21N3O3. The first kappa shape index (κ1) is 18.3. The Balaban J connectivity index is 1.61. The Bertz CT molecular complexity index is 935. The minimum atomic E-state index is -0.316. The quantitative estimate of drug-likeness (QED) is 0.613. The van der Waals surface area contributed by atoms with Crippen molar-refractivity contribution >= 4 is 23.3 Å². The van der Waals surface area contributed by atoms with E-state index in [1.807, 2.05) is 38.1 Å².